The molecule has 31 heavy (non-hydrogen) atoms. The van der Waals surface area contributed by atoms with E-state index >= 15 is 0 Å². The van der Waals surface area contributed by atoms with Crippen molar-refractivity contribution in [1.82, 2.24) is 0 Å². The number of rotatable bonds is 0. The maximum atomic E-state index is 7.28. The van der Waals surface area contributed by atoms with Gasteiger partial charge in [-0.2, -0.15) is 0 Å². The van der Waals surface area contributed by atoms with Crippen LogP contribution in [0.25, 0.3) is 0 Å². The van der Waals surface area contributed by atoms with Crippen molar-refractivity contribution in [3.05, 3.63) is 0 Å². The Morgan fingerprint density at radius 2 is 0.839 bits per heavy atom. The van der Waals surface area contributed by atoms with Crippen molar-refractivity contribution in [3.8, 4) is 0 Å². The largest absolute Gasteiger partial charge is 0.379 e. The lowest BCUT2D eigenvalue weighted by Crippen LogP contribution is -2.51. The van der Waals surface area contributed by atoms with Gasteiger partial charge in [-0.05, 0) is 79.4 Å². The molecule has 8 rings (SSSR count). The van der Waals surface area contributed by atoms with Gasteiger partial charge in [0, 0.05) is 13.2 Å². The van der Waals surface area contributed by atoms with Gasteiger partial charge in [-0.15, -0.1) is 0 Å². The molecule has 8 fully saturated rings. The van der Waals surface area contributed by atoms with Gasteiger partial charge in [0.05, 0.1) is 64.1 Å². The molecular formula is C25H38O6. The standard InChI is InChI=1S/C25H38O6/c1-3-24-20-16-15-17-19-18(16)22(24)23(19)25(31-24,21(17)20)4-2-6-27-8-10-29-12-14-30-13-11-28-9-7-26-5-1/h16-23H,1-15H2/t16-,17+,18+,19-,20-,21+,22+,23-,24+,25-. The van der Waals surface area contributed by atoms with E-state index in [1.54, 1.807) is 0 Å². The maximum Gasteiger partial charge on any atom is 0.0760 e. The molecule has 3 aliphatic heterocycles. The van der Waals surface area contributed by atoms with Crippen molar-refractivity contribution >= 4 is 0 Å². The van der Waals surface area contributed by atoms with Gasteiger partial charge in [-0.3, -0.25) is 0 Å². The first-order valence-electron chi connectivity index (χ1n) is 13.0. The van der Waals surface area contributed by atoms with Gasteiger partial charge < -0.3 is 28.4 Å². The summed E-state index contributed by atoms with van der Waals surface area (Å²) in [5.74, 6) is 7.48. The second-order valence-electron chi connectivity index (χ2n) is 11.1. The second kappa shape index (κ2) is 7.64. The van der Waals surface area contributed by atoms with Crippen LogP contribution in [0.4, 0.5) is 0 Å². The van der Waals surface area contributed by atoms with Gasteiger partial charge in [-0.25, -0.2) is 0 Å². The Labute approximate surface area is 185 Å². The summed E-state index contributed by atoms with van der Waals surface area (Å²) in [4.78, 5) is 0. The molecule has 0 unspecified atom stereocenters. The van der Waals surface area contributed by atoms with Crippen molar-refractivity contribution in [2.45, 2.75) is 43.3 Å². The van der Waals surface area contributed by atoms with Gasteiger partial charge in [0.2, 0.25) is 0 Å². The minimum absolute atomic E-state index is 0.204. The summed E-state index contributed by atoms with van der Waals surface area (Å²) in [7, 11) is 0. The highest BCUT2D eigenvalue weighted by atomic mass is 16.6. The van der Waals surface area contributed by atoms with Crippen molar-refractivity contribution in [2.24, 2.45) is 47.3 Å². The Balaban J connectivity index is 1.02. The van der Waals surface area contributed by atoms with E-state index in [0.717, 1.165) is 73.4 Å². The molecule has 174 valence electrons. The fourth-order valence-electron chi connectivity index (χ4n) is 10.2. The molecule has 0 aromatic rings. The van der Waals surface area contributed by atoms with E-state index in [9.17, 15) is 0 Å². The van der Waals surface area contributed by atoms with E-state index < -0.39 is 0 Å². The van der Waals surface area contributed by atoms with Crippen LogP contribution in [0.1, 0.15) is 32.1 Å². The third kappa shape index (κ3) is 2.61. The molecule has 0 aromatic heterocycles. The Morgan fingerprint density at radius 3 is 1.26 bits per heavy atom. The maximum absolute atomic E-state index is 7.28. The van der Waals surface area contributed by atoms with Crippen LogP contribution in [0, 0.1) is 47.3 Å². The Kier molecular flexibility index (Phi) is 4.97. The molecule has 2 spiro atoms. The molecule has 10 atom stereocenters. The van der Waals surface area contributed by atoms with Crippen LogP contribution in [0.15, 0.2) is 0 Å². The predicted molar refractivity (Wildman–Crippen MR) is 112 cm³/mol. The third-order valence-corrected chi connectivity index (χ3v) is 10.3. The topological polar surface area (TPSA) is 55.4 Å². The minimum Gasteiger partial charge on any atom is -0.379 e. The average molecular weight is 435 g/mol. The molecule has 0 N–H and O–H groups in total. The molecule has 4 bridgehead atoms. The molecule has 5 saturated carbocycles. The van der Waals surface area contributed by atoms with Crippen LogP contribution in [-0.2, 0) is 28.4 Å². The summed E-state index contributed by atoms with van der Waals surface area (Å²) in [5.41, 5.74) is 0.407. The minimum atomic E-state index is 0.204. The smallest absolute Gasteiger partial charge is 0.0760 e. The fraction of sp³-hybridized carbons (Fsp3) is 1.00. The van der Waals surface area contributed by atoms with E-state index in [2.05, 4.69) is 0 Å². The Morgan fingerprint density at radius 1 is 0.452 bits per heavy atom. The highest BCUT2D eigenvalue weighted by molar-refractivity contribution is 5.43. The highest BCUT2D eigenvalue weighted by Crippen LogP contribution is 2.94. The van der Waals surface area contributed by atoms with E-state index in [1.165, 1.54) is 19.3 Å². The summed E-state index contributed by atoms with van der Waals surface area (Å²) in [6.07, 6.45) is 6.21. The summed E-state index contributed by atoms with van der Waals surface area (Å²) in [6.45, 7) is 6.75. The fourth-order valence-corrected chi connectivity index (χ4v) is 10.2. The lowest BCUT2D eigenvalue weighted by molar-refractivity contribution is -0.0862. The van der Waals surface area contributed by atoms with E-state index in [1.807, 2.05) is 0 Å². The molecule has 3 saturated heterocycles. The summed E-state index contributed by atoms with van der Waals surface area (Å²) in [6, 6.07) is 0. The predicted octanol–water partition coefficient (Wildman–Crippen LogP) is 2.54. The molecule has 6 nitrogen and oxygen atoms in total. The molecule has 0 aromatic carbocycles. The molecule has 5 aliphatic carbocycles. The first-order chi connectivity index (χ1) is 15.4. The molecule has 0 radical (unpaired) electrons. The van der Waals surface area contributed by atoms with E-state index in [-0.39, 0.29) is 11.2 Å². The molecule has 0 amide bonds. The lowest BCUT2D eigenvalue weighted by Gasteiger charge is -2.48. The first-order valence-corrected chi connectivity index (χ1v) is 13.0. The van der Waals surface area contributed by atoms with Gasteiger partial charge in [-0.1, -0.05) is 0 Å². The normalized spacial score (nSPS) is 56.5. The molecule has 3 heterocycles. The summed E-state index contributed by atoms with van der Waals surface area (Å²) >= 11 is 0. The Hall–Kier alpha value is -0.240. The number of hydrogen-bond donors (Lipinski definition) is 0. The van der Waals surface area contributed by atoms with Gasteiger partial charge >= 0.3 is 0 Å². The monoisotopic (exact) mass is 434 g/mol. The zero-order valence-corrected chi connectivity index (χ0v) is 18.7. The molecule has 6 heteroatoms. The van der Waals surface area contributed by atoms with Crippen LogP contribution < -0.4 is 0 Å². The number of hydrogen-bond acceptors (Lipinski definition) is 6. The van der Waals surface area contributed by atoms with E-state index in [4.69, 9.17) is 28.4 Å². The zero-order valence-electron chi connectivity index (χ0n) is 18.7. The first kappa shape index (κ1) is 20.2. The summed E-state index contributed by atoms with van der Waals surface area (Å²) < 4.78 is 35.8. The van der Waals surface area contributed by atoms with Crippen LogP contribution in [0.5, 0.6) is 0 Å². The zero-order chi connectivity index (χ0) is 20.5. The van der Waals surface area contributed by atoms with Crippen LogP contribution in [-0.4, -0.2) is 77.3 Å². The average Bonchev–Trinajstić information content (AvgIpc) is 3.42. The SMILES string of the molecule is C1COCCOCCOCCOCCOCCC[C@@]23O[C@@]4(C1)[C@@H]1[C@@H]5[C@@H]6C[C@H]([C@@H]5[C@@H]12)[C@@H]3[C@H]64. The summed E-state index contributed by atoms with van der Waals surface area (Å²) in [5, 5.41) is 0. The van der Waals surface area contributed by atoms with Crippen molar-refractivity contribution in [3.63, 3.8) is 0 Å². The van der Waals surface area contributed by atoms with Gasteiger partial charge in [0.15, 0.2) is 0 Å². The van der Waals surface area contributed by atoms with Gasteiger partial charge in [0.1, 0.15) is 0 Å². The lowest BCUT2D eigenvalue weighted by atomic mass is 9.53. The molecule has 8 aliphatic rings. The van der Waals surface area contributed by atoms with Crippen LogP contribution in [0.2, 0.25) is 0 Å². The van der Waals surface area contributed by atoms with Crippen LogP contribution >= 0.6 is 0 Å². The van der Waals surface area contributed by atoms with E-state index in [0.29, 0.717) is 52.9 Å². The highest BCUT2D eigenvalue weighted by Gasteiger charge is 2.96. The van der Waals surface area contributed by atoms with Crippen molar-refractivity contribution in [2.75, 3.05) is 66.1 Å². The Bertz CT molecular complexity index is 629. The molecular weight excluding hydrogens is 396 g/mol. The van der Waals surface area contributed by atoms with Crippen molar-refractivity contribution in [1.29, 1.82) is 0 Å². The second-order valence-corrected chi connectivity index (χ2v) is 11.1. The van der Waals surface area contributed by atoms with Gasteiger partial charge in [0.25, 0.3) is 0 Å². The quantitative estimate of drug-likeness (QED) is 0.584. The van der Waals surface area contributed by atoms with Crippen molar-refractivity contribution < 1.29 is 28.4 Å². The third-order valence-electron chi connectivity index (χ3n) is 10.3. The number of ether oxygens (including phenoxy) is 6. The van der Waals surface area contributed by atoms with Crippen LogP contribution in [0.3, 0.4) is 0 Å².